The summed E-state index contributed by atoms with van der Waals surface area (Å²) in [5.41, 5.74) is 1.82. The number of hydrogen-bond donors (Lipinski definition) is 1. The van der Waals surface area contributed by atoms with Crippen LogP contribution in [0.2, 0.25) is 0 Å². The van der Waals surface area contributed by atoms with Gasteiger partial charge in [-0.25, -0.2) is 18.1 Å². The van der Waals surface area contributed by atoms with E-state index in [1.165, 1.54) is 33.6 Å². The summed E-state index contributed by atoms with van der Waals surface area (Å²) in [5, 5.41) is 0.417. The molecule has 0 unspecified atom stereocenters. The Hall–Kier alpha value is -4.25. The van der Waals surface area contributed by atoms with Gasteiger partial charge in [0.25, 0.3) is 10.0 Å². The number of amides is 1. The zero-order chi connectivity index (χ0) is 27.9. The van der Waals surface area contributed by atoms with E-state index in [0.717, 1.165) is 11.3 Å². The van der Waals surface area contributed by atoms with Gasteiger partial charge in [-0.3, -0.25) is 9.78 Å². The van der Waals surface area contributed by atoms with Crippen LogP contribution in [0, 0.1) is 13.8 Å². The van der Waals surface area contributed by atoms with Gasteiger partial charge in [-0.15, -0.1) is 0 Å². The number of fused-ring (bicyclic) bond motifs is 1. The van der Waals surface area contributed by atoms with Crippen LogP contribution in [0.25, 0.3) is 10.9 Å². The van der Waals surface area contributed by atoms with Gasteiger partial charge in [-0.1, -0.05) is 23.8 Å². The van der Waals surface area contributed by atoms with E-state index >= 15 is 0 Å². The monoisotopic (exact) mass is 548 g/mol. The highest BCUT2D eigenvalue weighted by Gasteiger charge is 2.65. The number of ether oxygens (including phenoxy) is 3. The number of rotatable bonds is 8. The first kappa shape index (κ1) is 26.4. The van der Waals surface area contributed by atoms with Crippen molar-refractivity contribution in [2.24, 2.45) is 0 Å². The van der Waals surface area contributed by atoms with Crippen LogP contribution in [0.5, 0.6) is 17.5 Å². The fourth-order valence-electron chi connectivity index (χ4n) is 5.02. The summed E-state index contributed by atoms with van der Waals surface area (Å²) in [4.78, 5) is 27.3. The molecule has 0 saturated heterocycles. The SMILES string of the molecule is COc1cnc([C@H]2C[C@@]2(C(=O)NS(=O)(=O)c2cccc3nc(C)ccc23)c2cc(C)ccc2OC)c(OC)n1. The van der Waals surface area contributed by atoms with E-state index in [1.54, 1.807) is 30.3 Å². The number of nitrogens with zero attached hydrogens (tertiary/aromatic N) is 3. The molecular formula is C28H28N4O6S. The summed E-state index contributed by atoms with van der Waals surface area (Å²) in [5.74, 6) is -0.330. The maximum Gasteiger partial charge on any atom is 0.264 e. The van der Waals surface area contributed by atoms with Crippen LogP contribution >= 0.6 is 0 Å². The molecule has 1 N–H and O–H groups in total. The Morgan fingerprint density at radius 1 is 1.00 bits per heavy atom. The minimum atomic E-state index is -4.28. The van der Waals surface area contributed by atoms with E-state index in [2.05, 4.69) is 19.7 Å². The molecule has 39 heavy (non-hydrogen) atoms. The van der Waals surface area contributed by atoms with Gasteiger partial charge in [0.2, 0.25) is 17.7 Å². The number of sulfonamides is 1. The maximum absolute atomic E-state index is 14.1. The highest BCUT2D eigenvalue weighted by atomic mass is 32.2. The summed E-state index contributed by atoms with van der Waals surface area (Å²) in [6.07, 6.45) is 1.70. The second-order valence-electron chi connectivity index (χ2n) is 9.45. The highest BCUT2D eigenvalue weighted by molar-refractivity contribution is 7.90. The zero-order valence-corrected chi connectivity index (χ0v) is 23.0. The number of hydrogen-bond acceptors (Lipinski definition) is 9. The lowest BCUT2D eigenvalue weighted by Crippen LogP contribution is -2.40. The molecule has 0 radical (unpaired) electrons. The standard InChI is InChI=1S/C28H28N4O6S/c1-16-9-12-22(36-3)19(13-16)28(14-20(28)25-26(38-5)31-24(37-4)15-29-25)27(33)32-39(34,35)23-8-6-7-21-18(23)11-10-17(2)30-21/h6-13,15,20H,14H2,1-5H3,(H,32,33)/t20-,28-/m1/s1. The van der Waals surface area contributed by atoms with Crippen LogP contribution < -0.4 is 18.9 Å². The van der Waals surface area contributed by atoms with Gasteiger partial charge in [-0.2, -0.15) is 4.98 Å². The Labute approximate surface area is 226 Å². The lowest BCUT2D eigenvalue weighted by atomic mass is 9.89. The fourth-order valence-corrected chi connectivity index (χ4v) is 6.28. The van der Waals surface area contributed by atoms with Crippen LogP contribution in [-0.2, 0) is 20.2 Å². The third-order valence-corrected chi connectivity index (χ3v) is 8.42. The molecule has 5 rings (SSSR count). The van der Waals surface area contributed by atoms with Crippen LogP contribution in [0.4, 0.5) is 0 Å². The minimum Gasteiger partial charge on any atom is -0.496 e. The number of benzene rings is 2. The van der Waals surface area contributed by atoms with E-state index in [0.29, 0.717) is 27.9 Å². The first-order chi connectivity index (χ1) is 18.6. The molecular weight excluding hydrogens is 520 g/mol. The van der Waals surface area contributed by atoms with E-state index in [9.17, 15) is 13.2 Å². The zero-order valence-electron chi connectivity index (χ0n) is 22.2. The molecule has 202 valence electrons. The van der Waals surface area contributed by atoms with Gasteiger partial charge in [0.05, 0.1) is 43.4 Å². The average molecular weight is 549 g/mol. The van der Waals surface area contributed by atoms with Crippen molar-refractivity contribution in [2.45, 2.75) is 36.5 Å². The number of carbonyl (C=O) groups excluding carboxylic acids is 1. The number of aromatic nitrogens is 3. The van der Waals surface area contributed by atoms with Gasteiger partial charge in [0, 0.05) is 22.6 Å². The summed E-state index contributed by atoms with van der Waals surface area (Å²) >= 11 is 0. The largest absolute Gasteiger partial charge is 0.496 e. The number of carbonyl (C=O) groups is 1. The van der Waals surface area contributed by atoms with Crippen molar-refractivity contribution >= 4 is 26.8 Å². The highest BCUT2D eigenvalue weighted by Crippen LogP contribution is 2.63. The number of methoxy groups -OCH3 is 3. The number of nitrogens with one attached hydrogen (secondary N) is 1. The first-order valence-corrected chi connectivity index (χ1v) is 13.7. The molecule has 0 spiro atoms. The third kappa shape index (κ3) is 4.52. The van der Waals surface area contributed by atoms with Gasteiger partial charge in [0.1, 0.15) is 11.4 Å². The summed E-state index contributed by atoms with van der Waals surface area (Å²) < 4.78 is 45.9. The van der Waals surface area contributed by atoms with Crippen LogP contribution in [0.3, 0.4) is 0 Å². The Morgan fingerprint density at radius 2 is 1.79 bits per heavy atom. The lowest BCUT2D eigenvalue weighted by Gasteiger charge is -2.22. The van der Waals surface area contributed by atoms with Crippen LogP contribution in [0.1, 0.15) is 34.9 Å². The summed E-state index contributed by atoms with van der Waals surface area (Å²) in [6.45, 7) is 3.71. The van der Waals surface area contributed by atoms with Crippen LogP contribution in [-0.4, -0.2) is 50.6 Å². The molecule has 1 saturated carbocycles. The quantitative estimate of drug-likeness (QED) is 0.351. The van der Waals surface area contributed by atoms with Gasteiger partial charge < -0.3 is 14.2 Å². The van der Waals surface area contributed by atoms with Crippen molar-refractivity contribution in [1.29, 1.82) is 0 Å². The molecule has 1 fully saturated rings. The number of pyridine rings is 1. The maximum atomic E-state index is 14.1. The predicted octanol–water partition coefficient (Wildman–Crippen LogP) is 3.60. The minimum absolute atomic E-state index is 0.0359. The van der Waals surface area contributed by atoms with Crippen molar-refractivity contribution in [1.82, 2.24) is 19.7 Å². The van der Waals surface area contributed by atoms with Crippen LogP contribution in [0.15, 0.2) is 59.6 Å². The molecule has 0 aliphatic heterocycles. The van der Waals surface area contributed by atoms with Crippen molar-refractivity contribution in [3.63, 3.8) is 0 Å². The second-order valence-corrected chi connectivity index (χ2v) is 11.1. The average Bonchev–Trinajstić information content (AvgIpc) is 3.68. The second kappa shape index (κ2) is 9.81. The molecule has 1 aliphatic rings. The fraction of sp³-hybridized carbons (Fsp3) is 0.286. The van der Waals surface area contributed by atoms with E-state index in [-0.39, 0.29) is 23.1 Å². The van der Waals surface area contributed by atoms with E-state index < -0.39 is 27.3 Å². The Bertz CT molecular complexity index is 1710. The molecule has 2 atom stereocenters. The van der Waals surface area contributed by atoms with Crippen molar-refractivity contribution < 1.29 is 27.4 Å². The molecule has 11 heteroatoms. The van der Waals surface area contributed by atoms with Gasteiger partial charge in [-0.05, 0) is 50.6 Å². The normalized spacial score (nSPS) is 18.4. The molecule has 2 heterocycles. The first-order valence-electron chi connectivity index (χ1n) is 12.2. The molecule has 4 aromatic rings. The van der Waals surface area contributed by atoms with Crippen molar-refractivity contribution in [3.8, 4) is 17.5 Å². The topological polar surface area (TPSA) is 130 Å². The molecule has 1 amide bonds. The lowest BCUT2D eigenvalue weighted by molar-refractivity contribution is -0.122. The smallest absolute Gasteiger partial charge is 0.264 e. The Balaban J connectivity index is 1.62. The third-order valence-electron chi connectivity index (χ3n) is 7.03. The molecule has 10 nitrogen and oxygen atoms in total. The summed E-state index contributed by atoms with van der Waals surface area (Å²) in [6, 6.07) is 13.7. The van der Waals surface area contributed by atoms with E-state index in [1.807, 2.05) is 26.0 Å². The predicted molar refractivity (Wildman–Crippen MR) is 144 cm³/mol. The van der Waals surface area contributed by atoms with Crippen molar-refractivity contribution in [3.05, 3.63) is 77.2 Å². The summed E-state index contributed by atoms with van der Waals surface area (Å²) in [7, 11) is 0.140. The van der Waals surface area contributed by atoms with Crippen molar-refractivity contribution in [2.75, 3.05) is 21.3 Å². The molecule has 2 aromatic carbocycles. The molecule has 2 aromatic heterocycles. The van der Waals surface area contributed by atoms with Gasteiger partial charge in [0.15, 0.2) is 0 Å². The Morgan fingerprint density at radius 3 is 2.51 bits per heavy atom. The molecule has 0 bridgehead atoms. The van der Waals surface area contributed by atoms with E-state index in [4.69, 9.17) is 14.2 Å². The Kier molecular flexibility index (Phi) is 6.63. The molecule has 1 aliphatic carbocycles. The number of aryl methyl sites for hydroxylation is 2. The van der Waals surface area contributed by atoms with Gasteiger partial charge >= 0.3 is 0 Å².